The topological polar surface area (TPSA) is 21.3 Å². The summed E-state index contributed by atoms with van der Waals surface area (Å²) in [6, 6.07) is 3.65. The molecule has 21 heavy (non-hydrogen) atoms. The molecule has 1 aromatic carbocycles. The Bertz CT molecular complexity index is 484. The van der Waals surface area contributed by atoms with Crippen LogP contribution in [0.25, 0.3) is 0 Å². The molecule has 1 N–H and O–H groups in total. The van der Waals surface area contributed by atoms with E-state index in [4.69, 9.17) is 16.3 Å². The third-order valence-corrected chi connectivity index (χ3v) is 3.97. The first-order valence-electron chi connectivity index (χ1n) is 7.03. The van der Waals surface area contributed by atoms with Crippen molar-refractivity contribution in [1.82, 2.24) is 5.32 Å². The molecule has 0 radical (unpaired) electrons. The van der Waals surface area contributed by atoms with Gasteiger partial charge in [-0.25, -0.2) is 0 Å². The van der Waals surface area contributed by atoms with Crippen molar-refractivity contribution >= 4 is 11.6 Å². The van der Waals surface area contributed by atoms with Crippen LogP contribution in [0.15, 0.2) is 18.2 Å². The van der Waals surface area contributed by atoms with E-state index in [1.54, 1.807) is 0 Å². The summed E-state index contributed by atoms with van der Waals surface area (Å²) in [5, 5.41) is 3.28. The summed E-state index contributed by atoms with van der Waals surface area (Å²) in [7, 11) is 0. The molecule has 0 spiro atoms. The van der Waals surface area contributed by atoms with Gasteiger partial charge in [0.1, 0.15) is 11.9 Å². The van der Waals surface area contributed by atoms with Gasteiger partial charge in [-0.1, -0.05) is 25.4 Å². The van der Waals surface area contributed by atoms with Crippen LogP contribution in [0.5, 0.6) is 5.75 Å². The fourth-order valence-electron chi connectivity index (χ4n) is 2.71. The maximum Gasteiger partial charge on any atom is 0.420 e. The number of halogens is 4. The molecule has 0 aromatic heterocycles. The van der Waals surface area contributed by atoms with Crippen molar-refractivity contribution in [3.05, 3.63) is 28.8 Å². The maximum absolute atomic E-state index is 13.1. The van der Waals surface area contributed by atoms with E-state index in [0.717, 1.165) is 25.6 Å². The first kappa shape index (κ1) is 16.4. The van der Waals surface area contributed by atoms with Crippen molar-refractivity contribution in [3.8, 4) is 5.75 Å². The van der Waals surface area contributed by atoms with Gasteiger partial charge in [0.15, 0.2) is 0 Å². The highest BCUT2D eigenvalue weighted by atomic mass is 35.5. The minimum absolute atomic E-state index is 0.0540. The Morgan fingerprint density at radius 1 is 1.33 bits per heavy atom. The summed E-state index contributed by atoms with van der Waals surface area (Å²) in [6.45, 7) is 5.58. The van der Waals surface area contributed by atoms with Crippen molar-refractivity contribution < 1.29 is 17.9 Å². The van der Waals surface area contributed by atoms with Crippen LogP contribution in [0.1, 0.15) is 25.8 Å². The predicted molar refractivity (Wildman–Crippen MR) is 76.7 cm³/mol. The highest BCUT2D eigenvalue weighted by Crippen LogP contribution is 2.39. The number of benzene rings is 1. The third-order valence-electron chi connectivity index (χ3n) is 3.73. The second kappa shape index (κ2) is 6.44. The minimum Gasteiger partial charge on any atom is -0.489 e. The number of hydrogen-bond donors (Lipinski definition) is 1. The largest absolute Gasteiger partial charge is 0.489 e. The molecule has 2 rings (SSSR count). The first-order chi connectivity index (χ1) is 9.79. The van der Waals surface area contributed by atoms with Gasteiger partial charge in [0.25, 0.3) is 0 Å². The van der Waals surface area contributed by atoms with Gasteiger partial charge in [0, 0.05) is 17.5 Å². The van der Waals surface area contributed by atoms with E-state index >= 15 is 0 Å². The molecule has 118 valence electrons. The van der Waals surface area contributed by atoms with E-state index in [9.17, 15) is 13.2 Å². The molecule has 0 bridgehead atoms. The number of hydrogen-bond acceptors (Lipinski definition) is 2. The standard InChI is InChI=1S/C15H19ClF3NO/c1-9(2)14(10-5-6-20-8-10)21-13-4-3-11(16)7-12(13)15(17,18)19/h3-4,7,9-10,14,20H,5-6,8H2,1-2H3/t10?,14-/m0/s1. The van der Waals surface area contributed by atoms with Gasteiger partial charge >= 0.3 is 6.18 Å². The molecule has 1 heterocycles. The van der Waals surface area contributed by atoms with Crippen LogP contribution in [0.2, 0.25) is 5.02 Å². The second-order valence-electron chi connectivity index (χ2n) is 5.72. The normalized spacial score (nSPS) is 20.8. The Morgan fingerprint density at radius 2 is 2.05 bits per heavy atom. The van der Waals surface area contributed by atoms with E-state index in [1.165, 1.54) is 12.1 Å². The lowest BCUT2D eigenvalue weighted by Crippen LogP contribution is -2.34. The minimum atomic E-state index is -4.48. The average Bonchev–Trinajstić information content (AvgIpc) is 2.89. The Morgan fingerprint density at radius 3 is 2.57 bits per heavy atom. The van der Waals surface area contributed by atoms with Crippen molar-refractivity contribution in [2.75, 3.05) is 13.1 Å². The fraction of sp³-hybridized carbons (Fsp3) is 0.600. The van der Waals surface area contributed by atoms with E-state index in [2.05, 4.69) is 5.32 Å². The van der Waals surface area contributed by atoms with Gasteiger partial charge in [-0.15, -0.1) is 0 Å². The quantitative estimate of drug-likeness (QED) is 0.889. The van der Waals surface area contributed by atoms with Crippen molar-refractivity contribution in [1.29, 1.82) is 0 Å². The lowest BCUT2D eigenvalue weighted by molar-refractivity contribution is -0.139. The number of alkyl halides is 3. The lowest BCUT2D eigenvalue weighted by atomic mass is 9.92. The van der Waals surface area contributed by atoms with Crippen LogP contribution in [0.4, 0.5) is 13.2 Å². The van der Waals surface area contributed by atoms with Crippen LogP contribution < -0.4 is 10.1 Å². The van der Waals surface area contributed by atoms with Gasteiger partial charge in [-0.2, -0.15) is 13.2 Å². The van der Waals surface area contributed by atoms with E-state index in [1.807, 2.05) is 13.8 Å². The molecular weight excluding hydrogens is 303 g/mol. The summed E-state index contributed by atoms with van der Waals surface area (Å²) in [5.74, 6) is 0.214. The zero-order valence-electron chi connectivity index (χ0n) is 12.0. The molecule has 0 saturated carbocycles. The van der Waals surface area contributed by atoms with Gasteiger partial charge < -0.3 is 10.1 Å². The monoisotopic (exact) mass is 321 g/mol. The highest BCUT2D eigenvalue weighted by Gasteiger charge is 2.37. The molecule has 0 amide bonds. The summed E-state index contributed by atoms with van der Waals surface area (Å²) in [6.07, 6.45) is -3.81. The van der Waals surface area contributed by atoms with Gasteiger partial charge in [-0.05, 0) is 37.1 Å². The zero-order chi connectivity index (χ0) is 15.6. The Labute approximate surface area is 127 Å². The smallest absolute Gasteiger partial charge is 0.420 e. The Hall–Kier alpha value is -0.940. The van der Waals surface area contributed by atoms with Crippen molar-refractivity contribution in [3.63, 3.8) is 0 Å². The predicted octanol–water partition coefficient (Wildman–Crippen LogP) is 4.37. The van der Waals surface area contributed by atoms with Gasteiger partial charge in [0.2, 0.25) is 0 Å². The maximum atomic E-state index is 13.1. The van der Waals surface area contributed by atoms with E-state index in [-0.39, 0.29) is 28.7 Å². The summed E-state index contributed by atoms with van der Waals surface area (Å²) >= 11 is 5.68. The second-order valence-corrected chi connectivity index (χ2v) is 6.15. The summed E-state index contributed by atoms with van der Waals surface area (Å²) < 4.78 is 45.1. The molecule has 1 saturated heterocycles. The number of nitrogens with one attached hydrogen (secondary N) is 1. The van der Waals surface area contributed by atoms with Crippen LogP contribution >= 0.6 is 11.6 Å². The molecule has 1 aliphatic heterocycles. The summed E-state index contributed by atoms with van der Waals surface area (Å²) in [4.78, 5) is 0. The molecule has 1 unspecified atom stereocenters. The van der Waals surface area contributed by atoms with Crippen LogP contribution in [0, 0.1) is 11.8 Å². The SMILES string of the molecule is CC(C)[C@H](Oc1ccc(Cl)cc1C(F)(F)F)C1CCNC1. The highest BCUT2D eigenvalue weighted by molar-refractivity contribution is 6.30. The molecule has 1 aliphatic rings. The number of rotatable bonds is 4. The van der Waals surface area contributed by atoms with Crippen LogP contribution in [-0.4, -0.2) is 19.2 Å². The first-order valence-corrected chi connectivity index (χ1v) is 7.41. The third kappa shape index (κ3) is 4.04. The van der Waals surface area contributed by atoms with Gasteiger partial charge in [-0.3, -0.25) is 0 Å². The fourth-order valence-corrected chi connectivity index (χ4v) is 2.88. The van der Waals surface area contributed by atoms with Gasteiger partial charge in [0.05, 0.1) is 5.56 Å². The van der Waals surface area contributed by atoms with E-state index in [0.29, 0.717) is 0 Å². The molecular formula is C15H19ClF3NO. The van der Waals surface area contributed by atoms with Crippen LogP contribution in [-0.2, 0) is 6.18 Å². The average molecular weight is 322 g/mol. The van der Waals surface area contributed by atoms with Crippen LogP contribution in [0.3, 0.4) is 0 Å². The molecule has 2 nitrogen and oxygen atoms in total. The van der Waals surface area contributed by atoms with Crippen molar-refractivity contribution in [2.45, 2.75) is 32.5 Å². The zero-order valence-corrected chi connectivity index (χ0v) is 12.8. The lowest BCUT2D eigenvalue weighted by Gasteiger charge is -2.29. The molecule has 2 atom stereocenters. The molecule has 6 heteroatoms. The Kier molecular flexibility index (Phi) is 5.04. The Balaban J connectivity index is 2.28. The van der Waals surface area contributed by atoms with E-state index < -0.39 is 11.7 Å². The summed E-state index contributed by atoms with van der Waals surface area (Å²) in [5.41, 5.74) is -0.813. The van der Waals surface area contributed by atoms with Crippen molar-refractivity contribution in [2.24, 2.45) is 11.8 Å². The molecule has 1 fully saturated rings. The molecule has 1 aromatic rings. The molecule has 0 aliphatic carbocycles. The number of ether oxygens (including phenoxy) is 1.